The van der Waals surface area contributed by atoms with E-state index < -0.39 is 27.1 Å². The number of nitrogens with zero attached hydrogens (tertiary/aromatic N) is 2. The molecule has 1 aliphatic rings. The number of benzene rings is 1. The van der Waals surface area contributed by atoms with Gasteiger partial charge in [0, 0.05) is 14.1 Å². The van der Waals surface area contributed by atoms with Gasteiger partial charge in [-0.1, -0.05) is 17.7 Å². The summed E-state index contributed by atoms with van der Waals surface area (Å²) < 4.78 is 45.9. The van der Waals surface area contributed by atoms with E-state index in [0.717, 1.165) is 0 Å². The first-order valence-corrected chi connectivity index (χ1v) is 9.47. The smallest absolute Gasteiger partial charge is 0.221 e. The Morgan fingerprint density at radius 1 is 1.40 bits per heavy atom. The molecule has 1 saturated heterocycles. The van der Waals surface area contributed by atoms with E-state index in [-0.39, 0.29) is 18.2 Å². The van der Waals surface area contributed by atoms with Crippen LogP contribution in [0.3, 0.4) is 0 Å². The first-order valence-electron chi connectivity index (χ1n) is 7.59. The van der Waals surface area contributed by atoms with Gasteiger partial charge in [-0.3, -0.25) is 4.84 Å². The van der Waals surface area contributed by atoms with Gasteiger partial charge >= 0.3 is 0 Å². The minimum Gasteiger partial charge on any atom is -0.468 e. The third-order valence-electron chi connectivity index (χ3n) is 4.25. The highest BCUT2D eigenvalue weighted by molar-refractivity contribution is 7.89. The molecule has 1 aliphatic heterocycles. The third kappa shape index (κ3) is 3.58. The number of hydrogen-bond acceptors (Lipinski definition) is 5. The van der Waals surface area contributed by atoms with Crippen LogP contribution in [0.4, 0.5) is 4.39 Å². The predicted octanol–water partition coefficient (Wildman–Crippen LogP) is 2.82. The van der Waals surface area contributed by atoms with E-state index >= 15 is 0 Å². The fraction of sp³-hybridized carbons (Fsp3) is 0.375. The van der Waals surface area contributed by atoms with E-state index in [1.54, 1.807) is 19.2 Å². The second-order valence-electron chi connectivity index (χ2n) is 5.88. The summed E-state index contributed by atoms with van der Waals surface area (Å²) in [5, 5.41) is 0.559. The molecule has 0 amide bonds. The molecule has 0 unspecified atom stereocenters. The first kappa shape index (κ1) is 18.3. The number of furan rings is 1. The summed E-state index contributed by atoms with van der Waals surface area (Å²) in [6.45, 7) is 0.118. The fourth-order valence-corrected chi connectivity index (χ4v) is 4.76. The highest BCUT2D eigenvalue weighted by Gasteiger charge is 2.45. The summed E-state index contributed by atoms with van der Waals surface area (Å²) in [7, 11) is -0.564. The second kappa shape index (κ2) is 7.05. The Balaban J connectivity index is 1.89. The molecule has 0 radical (unpaired) electrons. The molecule has 0 saturated carbocycles. The molecule has 2 atom stereocenters. The molecule has 2 heterocycles. The number of hydroxylamine groups is 2. The van der Waals surface area contributed by atoms with E-state index in [1.807, 2.05) is 0 Å². The Morgan fingerprint density at radius 3 is 2.80 bits per heavy atom. The average molecular weight is 389 g/mol. The zero-order valence-corrected chi connectivity index (χ0v) is 15.3. The lowest BCUT2D eigenvalue weighted by Crippen LogP contribution is -2.40. The Bertz CT molecular complexity index is 844. The monoisotopic (exact) mass is 388 g/mol. The molecule has 0 N–H and O–H groups in total. The van der Waals surface area contributed by atoms with Crippen molar-refractivity contribution in [2.75, 3.05) is 20.7 Å². The van der Waals surface area contributed by atoms with E-state index in [0.29, 0.717) is 11.3 Å². The molecule has 6 nitrogen and oxygen atoms in total. The maximum Gasteiger partial charge on any atom is 0.221 e. The van der Waals surface area contributed by atoms with E-state index in [2.05, 4.69) is 0 Å². The standard InChI is InChI=1S/C16H18ClFN2O4S/c1-19(9-12-4-3-7-23-12)25(21,22)15-10-24-20(2)16(15)11-5-6-14(18)13(17)8-11/h3-8,15-16H,9-10H2,1-2H3/t15-,16-/m0/s1. The molecule has 1 fully saturated rings. The number of rotatable bonds is 5. The lowest BCUT2D eigenvalue weighted by atomic mass is 10.0. The fourth-order valence-electron chi connectivity index (χ4n) is 2.91. The van der Waals surface area contributed by atoms with Gasteiger partial charge in [-0.25, -0.2) is 12.8 Å². The van der Waals surface area contributed by atoms with Gasteiger partial charge in [0.05, 0.1) is 30.5 Å². The van der Waals surface area contributed by atoms with Crippen molar-refractivity contribution in [2.45, 2.75) is 17.8 Å². The van der Waals surface area contributed by atoms with Crippen molar-refractivity contribution in [3.05, 3.63) is 58.8 Å². The molecule has 0 bridgehead atoms. The number of hydrogen-bond donors (Lipinski definition) is 0. The zero-order chi connectivity index (χ0) is 18.2. The van der Waals surface area contributed by atoms with Crippen molar-refractivity contribution in [3.8, 4) is 0 Å². The van der Waals surface area contributed by atoms with E-state index in [9.17, 15) is 12.8 Å². The van der Waals surface area contributed by atoms with Crippen LogP contribution in [0, 0.1) is 5.82 Å². The van der Waals surface area contributed by atoms with Gasteiger partial charge in [0.1, 0.15) is 16.8 Å². The molecule has 25 heavy (non-hydrogen) atoms. The van der Waals surface area contributed by atoms with Crippen LogP contribution in [0.5, 0.6) is 0 Å². The van der Waals surface area contributed by atoms with Crippen molar-refractivity contribution < 1.29 is 22.1 Å². The van der Waals surface area contributed by atoms with Gasteiger partial charge in [-0.2, -0.15) is 9.37 Å². The molecule has 1 aromatic heterocycles. The van der Waals surface area contributed by atoms with Gasteiger partial charge in [-0.05, 0) is 29.8 Å². The molecular formula is C16H18ClFN2O4S. The highest BCUT2D eigenvalue weighted by atomic mass is 35.5. The van der Waals surface area contributed by atoms with Crippen LogP contribution in [0.15, 0.2) is 41.0 Å². The zero-order valence-electron chi connectivity index (χ0n) is 13.7. The molecular weight excluding hydrogens is 371 g/mol. The molecule has 1 aromatic carbocycles. The SMILES string of the molecule is CN1OC[C@H](S(=O)(=O)N(C)Cc2ccco2)[C@@H]1c1ccc(F)c(Cl)c1. The van der Waals surface area contributed by atoms with Crippen LogP contribution in [0.25, 0.3) is 0 Å². The molecule has 136 valence electrons. The van der Waals surface area contributed by atoms with Gasteiger partial charge < -0.3 is 4.42 Å². The molecule has 0 spiro atoms. The Labute approximate surface area is 150 Å². The minimum atomic E-state index is -3.70. The summed E-state index contributed by atoms with van der Waals surface area (Å²) in [5.41, 5.74) is 0.575. The second-order valence-corrected chi connectivity index (χ2v) is 8.55. The summed E-state index contributed by atoms with van der Waals surface area (Å²) in [6, 6.07) is 6.99. The molecule has 3 rings (SSSR count). The topological polar surface area (TPSA) is 63.0 Å². The number of sulfonamides is 1. The van der Waals surface area contributed by atoms with Crippen molar-refractivity contribution in [1.82, 2.24) is 9.37 Å². The minimum absolute atomic E-state index is 0.000982. The van der Waals surface area contributed by atoms with Gasteiger partial charge in [0.2, 0.25) is 10.0 Å². The third-order valence-corrected chi connectivity index (χ3v) is 6.69. The number of halogens is 2. The predicted molar refractivity (Wildman–Crippen MR) is 90.7 cm³/mol. The first-order chi connectivity index (χ1) is 11.8. The Morgan fingerprint density at radius 2 is 2.16 bits per heavy atom. The normalized spacial score (nSPS) is 22.0. The lowest BCUT2D eigenvalue weighted by Gasteiger charge is -2.26. The van der Waals surface area contributed by atoms with Gasteiger partial charge in [-0.15, -0.1) is 0 Å². The highest BCUT2D eigenvalue weighted by Crippen LogP contribution is 2.36. The van der Waals surface area contributed by atoms with Crippen molar-refractivity contribution in [3.63, 3.8) is 0 Å². The van der Waals surface area contributed by atoms with E-state index in [1.165, 1.54) is 40.9 Å². The largest absolute Gasteiger partial charge is 0.468 e. The lowest BCUT2D eigenvalue weighted by molar-refractivity contribution is -0.110. The molecule has 2 aromatic rings. The van der Waals surface area contributed by atoms with Crippen molar-refractivity contribution in [1.29, 1.82) is 0 Å². The van der Waals surface area contributed by atoms with Gasteiger partial charge in [0.15, 0.2) is 0 Å². The van der Waals surface area contributed by atoms with Crippen molar-refractivity contribution >= 4 is 21.6 Å². The van der Waals surface area contributed by atoms with Crippen LogP contribution in [-0.4, -0.2) is 43.7 Å². The summed E-state index contributed by atoms with van der Waals surface area (Å²) in [5.74, 6) is -0.0129. The summed E-state index contributed by atoms with van der Waals surface area (Å²) in [6.07, 6.45) is 1.49. The van der Waals surface area contributed by atoms with Crippen LogP contribution in [0.2, 0.25) is 5.02 Å². The van der Waals surface area contributed by atoms with Crippen LogP contribution < -0.4 is 0 Å². The molecule has 0 aliphatic carbocycles. The van der Waals surface area contributed by atoms with Crippen molar-refractivity contribution in [2.24, 2.45) is 0 Å². The van der Waals surface area contributed by atoms with Crippen LogP contribution in [0.1, 0.15) is 17.4 Å². The Hall–Kier alpha value is -1.45. The molecule has 9 heteroatoms. The average Bonchev–Trinajstić information content (AvgIpc) is 3.20. The van der Waals surface area contributed by atoms with Crippen LogP contribution >= 0.6 is 11.6 Å². The maximum atomic E-state index is 13.4. The Kier molecular flexibility index (Phi) is 5.17. The van der Waals surface area contributed by atoms with E-state index in [4.69, 9.17) is 20.9 Å². The summed E-state index contributed by atoms with van der Waals surface area (Å²) in [4.78, 5) is 5.44. The van der Waals surface area contributed by atoms with Gasteiger partial charge in [0.25, 0.3) is 0 Å². The summed E-state index contributed by atoms with van der Waals surface area (Å²) >= 11 is 5.85. The van der Waals surface area contributed by atoms with Crippen LogP contribution in [-0.2, 0) is 21.4 Å². The maximum absolute atomic E-state index is 13.4. The quantitative estimate of drug-likeness (QED) is 0.788.